The summed E-state index contributed by atoms with van der Waals surface area (Å²) in [5.74, 6) is -1.42. The third-order valence-corrected chi connectivity index (χ3v) is 3.31. The van der Waals surface area contributed by atoms with Crippen molar-refractivity contribution in [1.82, 2.24) is 14.6 Å². The Morgan fingerprint density at radius 2 is 1.95 bits per heavy atom. The van der Waals surface area contributed by atoms with Gasteiger partial charge in [-0.05, 0) is 40.2 Å². The largest absolute Gasteiger partial charge is 0.478 e. The maximum Gasteiger partial charge on any atom is 0.335 e. The number of fused-ring (bicyclic) bond motifs is 1. The van der Waals surface area contributed by atoms with E-state index in [1.165, 1.54) is 28.8 Å². The number of rotatable bonds is 3. The van der Waals surface area contributed by atoms with Crippen LogP contribution in [0.15, 0.2) is 47.2 Å². The molecule has 3 aromatic rings. The fourth-order valence-electron chi connectivity index (χ4n) is 1.86. The van der Waals surface area contributed by atoms with Crippen molar-refractivity contribution in [2.45, 2.75) is 0 Å². The van der Waals surface area contributed by atoms with Gasteiger partial charge in [-0.1, -0.05) is 0 Å². The minimum absolute atomic E-state index is 0.153. The van der Waals surface area contributed by atoms with Crippen molar-refractivity contribution in [3.05, 3.63) is 58.5 Å². The molecule has 1 amide bonds. The van der Waals surface area contributed by atoms with E-state index in [0.717, 1.165) is 4.47 Å². The Labute approximate surface area is 132 Å². The molecule has 0 saturated carbocycles. The number of aromatic nitrogens is 3. The Kier molecular flexibility index (Phi) is 3.60. The van der Waals surface area contributed by atoms with Gasteiger partial charge in [-0.25, -0.2) is 14.3 Å². The molecule has 0 aliphatic carbocycles. The number of halogens is 1. The zero-order chi connectivity index (χ0) is 15.7. The van der Waals surface area contributed by atoms with Crippen molar-refractivity contribution in [1.29, 1.82) is 0 Å². The summed E-state index contributed by atoms with van der Waals surface area (Å²) >= 11 is 3.28. The summed E-state index contributed by atoms with van der Waals surface area (Å²) < 4.78 is 2.24. The van der Waals surface area contributed by atoms with Gasteiger partial charge in [0.1, 0.15) is 0 Å². The third-order valence-electron chi connectivity index (χ3n) is 2.90. The maximum absolute atomic E-state index is 12.1. The highest BCUT2D eigenvalue weighted by Crippen LogP contribution is 2.13. The number of hydrogen-bond donors (Lipinski definition) is 2. The van der Waals surface area contributed by atoms with Gasteiger partial charge in [0.15, 0.2) is 11.3 Å². The van der Waals surface area contributed by atoms with Gasteiger partial charge in [0.2, 0.25) is 0 Å². The van der Waals surface area contributed by atoms with Crippen molar-refractivity contribution >= 4 is 39.1 Å². The van der Waals surface area contributed by atoms with Gasteiger partial charge in [-0.3, -0.25) is 4.79 Å². The number of nitrogens with one attached hydrogen (secondary N) is 1. The second-order valence-corrected chi connectivity index (χ2v) is 5.36. The van der Waals surface area contributed by atoms with Crippen molar-refractivity contribution in [2.24, 2.45) is 0 Å². The monoisotopic (exact) mass is 360 g/mol. The molecule has 0 aliphatic heterocycles. The summed E-state index contributed by atoms with van der Waals surface area (Å²) in [6.45, 7) is 0. The van der Waals surface area contributed by atoms with Crippen molar-refractivity contribution in [3.63, 3.8) is 0 Å². The number of aromatic carboxylic acids is 1. The first-order chi connectivity index (χ1) is 10.5. The molecule has 0 spiro atoms. The van der Waals surface area contributed by atoms with Gasteiger partial charge in [0.25, 0.3) is 5.91 Å². The molecular weight excluding hydrogens is 352 g/mol. The Hall–Kier alpha value is -2.74. The molecule has 110 valence electrons. The molecule has 1 aromatic carbocycles. The van der Waals surface area contributed by atoms with Crippen LogP contribution in [0.25, 0.3) is 5.65 Å². The number of carbonyl (C=O) groups excluding carboxylic acids is 1. The standard InChI is InChI=1S/C14H9BrN4O3/c15-9-6-16-12-5-11(18-19(12)7-9)13(20)17-10-3-1-8(2-4-10)14(21)22/h1-7H,(H,17,20)(H,21,22). The van der Waals surface area contributed by atoms with Crippen LogP contribution < -0.4 is 5.32 Å². The summed E-state index contributed by atoms with van der Waals surface area (Å²) in [5, 5.41) is 15.6. The van der Waals surface area contributed by atoms with Crippen molar-refractivity contribution in [2.75, 3.05) is 5.32 Å². The van der Waals surface area contributed by atoms with Gasteiger partial charge >= 0.3 is 5.97 Å². The lowest BCUT2D eigenvalue weighted by molar-refractivity contribution is 0.0696. The van der Waals surface area contributed by atoms with E-state index in [9.17, 15) is 9.59 Å². The van der Waals surface area contributed by atoms with Crippen LogP contribution in [-0.4, -0.2) is 31.6 Å². The highest BCUT2D eigenvalue weighted by molar-refractivity contribution is 9.10. The molecule has 2 aromatic heterocycles. The molecule has 8 heteroatoms. The van der Waals surface area contributed by atoms with Crippen LogP contribution in [-0.2, 0) is 0 Å². The van der Waals surface area contributed by atoms with Gasteiger partial charge < -0.3 is 10.4 Å². The average molecular weight is 361 g/mol. The zero-order valence-corrected chi connectivity index (χ0v) is 12.6. The van der Waals surface area contributed by atoms with Crippen LogP contribution >= 0.6 is 15.9 Å². The lowest BCUT2D eigenvalue weighted by Crippen LogP contribution is -2.12. The van der Waals surface area contributed by atoms with E-state index < -0.39 is 11.9 Å². The first-order valence-corrected chi connectivity index (χ1v) is 6.98. The normalized spacial score (nSPS) is 10.6. The fourth-order valence-corrected chi connectivity index (χ4v) is 2.15. The topological polar surface area (TPSA) is 96.6 Å². The van der Waals surface area contributed by atoms with E-state index in [4.69, 9.17) is 5.11 Å². The minimum Gasteiger partial charge on any atom is -0.478 e. The first kappa shape index (κ1) is 14.2. The number of benzene rings is 1. The number of carbonyl (C=O) groups is 2. The molecule has 0 fully saturated rings. The van der Waals surface area contributed by atoms with E-state index in [1.807, 2.05) is 0 Å². The van der Waals surface area contributed by atoms with Gasteiger partial charge in [-0.15, -0.1) is 0 Å². The molecule has 0 radical (unpaired) electrons. The molecule has 2 N–H and O–H groups in total. The molecule has 7 nitrogen and oxygen atoms in total. The predicted molar refractivity (Wildman–Crippen MR) is 82.0 cm³/mol. The van der Waals surface area contributed by atoms with E-state index in [2.05, 4.69) is 31.3 Å². The lowest BCUT2D eigenvalue weighted by atomic mass is 10.2. The number of amides is 1. The molecule has 2 heterocycles. The summed E-state index contributed by atoms with van der Waals surface area (Å²) in [6, 6.07) is 7.44. The maximum atomic E-state index is 12.1. The van der Waals surface area contributed by atoms with E-state index in [-0.39, 0.29) is 11.3 Å². The van der Waals surface area contributed by atoms with Crippen LogP contribution in [0.4, 0.5) is 5.69 Å². The van der Waals surface area contributed by atoms with Gasteiger partial charge in [0, 0.05) is 24.1 Å². The van der Waals surface area contributed by atoms with Crippen molar-refractivity contribution in [3.8, 4) is 0 Å². The average Bonchev–Trinajstić information content (AvgIpc) is 2.91. The number of nitrogens with zero attached hydrogens (tertiary/aromatic N) is 3. The van der Waals surface area contributed by atoms with Gasteiger partial charge in [0.05, 0.1) is 10.0 Å². The highest BCUT2D eigenvalue weighted by atomic mass is 79.9. The molecule has 22 heavy (non-hydrogen) atoms. The number of carboxylic acid groups (broad SMARTS) is 1. The Balaban J connectivity index is 1.81. The number of hydrogen-bond acceptors (Lipinski definition) is 4. The van der Waals surface area contributed by atoms with Gasteiger partial charge in [-0.2, -0.15) is 5.10 Å². The van der Waals surface area contributed by atoms with E-state index >= 15 is 0 Å². The third kappa shape index (κ3) is 2.82. The molecule has 0 aliphatic rings. The molecule has 0 saturated heterocycles. The fraction of sp³-hybridized carbons (Fsp3) is 0. The van der Waals surface area contributed by atoms with Crippen LogP contribution in [0, 0.1) is 0 Å². The minimum atomic E-state index is -1.02. The molecule has 0 unspecified atom stereocenters. The highest BCUT2D eigenvalue weighted by Gasteiger charge is 2.12. The summed E-state index contributed by atoms with van der Waals surface area (Å²) in [4.78, 5) is 27.0. The van der Waals surface area contributed by atoms with Crippen LogP contribution in [0.1, 0.15) is 20.8 Å². The predicted octanol–water partition coefficient (Wildman–Crippen LogP) is 2.44. The smallest absolute Gasteiger partial charge is 0.335 e. The second-order valence-electron chi connectivity index (χ2n) is 4.44. The number of anilines is 1. The second kappa shape index (κ2) is 5.57. The van der Waals surface area contributed by atoms with E-state index in [0.29, 0.717) is 11.3 Å². The van der Waals surface area contributed by atoms with E-state index in [1.54, 1.807) is 18.5 Å². The Morgan fingerprint density at radius 3 is 2.64 bits per heavy atom. The molecule has 0 bridgehead atoms. The van der Waals surface area contributed by atoms with Crippen LogP contribution in [0.2, 0.25) is 0 Å². The first-order valence-electron chi connectivity index (χ1n) is 6.18. The lowest BCUT2D eigenvalue weighted by Gasteiger charge is -2.03. The molecule has 3 rings (SSSR count). The SMILES string of the molecule is O=C(O)c1ccc(NC(=O)c2cc3ncc(Br)cn3n2)cc1. The Morgan fingerprint density at radius 1 is 1.23 bits per heavy atom. The molecule has 0 atom stereocenters. The van der Waals surface area contributed by atoms with Crippen LogP contribution in [0.3, 0.4) is 0 Å². The zero-order valence-electron chi connectivity index (χ0n) is 11.0. The molecular formula is C14H9BrN4O3. The van der Waals surface area contributed by atoms with Crippen LogP contribution in [0.5, 0.6) is 0 Å². The summed E-state index contributed by atoms with van der Waals surface area (Å²) in [6.07, 6.45) is 3.31. The summed E-state index contributed by atoms with van der Waals surface area (Å²) in [5.41, 5.74) is 1.41. The Bertz CT molecular complexity index is 873. The van der Waals surface area contributed by atoms with Crippen molar-refractivity contribution < 1.29 is 14.7 Å². The summed E-state index contributed by atoms with van der Waals surface area (Å²) in [7, 11) is 0. The quantitative estimate of drug-likeness (QED) is 0.747. The number of carboxylic acids is 1.